The van der Waals surface area contributed by atoms with Gasteiger partial charge < -0.3 is 9.84 Å². The maximum absolute atomic E-state index is 5.37. The largest absolute Gasteiger partial charge is 0.334 e. The number of aromatic amines is 1. The quantitative estimate of drug-likeness (QED) is 0.751. The van der Waals surface area contributed by atoms with E-state index >= 15 is 0 Å². The van der Waals surface area contributed by atoms with Crippen molar-refractivity contribution < 1.29 is 4.52 Å². The third-order valence-electron chi connectivity index (χ3n) is 3.38. The van der Waals surface area contributed by atoms with Gasteiger partial charge in [0.15, 0.2) is 5.82 Å². The summed E-state index contributed by atoms with van der Waals surface area (Å²) in [4.78, 5) is 4.45. The molecule has 2 aromatic heterocycles. The highest BCUT2D eigenvalue weighted by Gasteiger charge is 2.16. The van der Waals surface area contributed by atoms with Crippen molar-refractivity contribution in [3.63, 3.8) is 0 Å². The van der Waals surface area contributed by atoms with Crippen molar-refractivity contribution in [1.82, 2.24) is 25.7 Å². The molecular formula is C15H17N5O. The molecule has 1 atom stereocenters. The van der Waals surface area contributed by atoms with Crippen LogP contribution in [0.25, 0.3) is 22.7 Å². The van der Waals surface area contributed by atoms with Gasteiger partial charge in [0, 0.05) is 18.0 Å². The average molecular weight is 283 g/mol. The summed E-state index contributed by atoms with van der Waals surface area (Å²) in [5.41, 5.74) is 2.73. The fourth-order valence-corrected chi connectivity index (χ4v) is 2.10. The molecule has 2 heterocycles. The first-order valence-electron chi connectivity index (χ1n) is 6.87. The first-order valence-corrected chi connectivity index (χ1v) is 6.87. The van der Waals surface area contributed by atoms with E-state index in [1.165, 1.54) is 0 Å². The average Bonchev–Trinajstić information content (AvgIpc) is 3.16. The van der Waals surface area contributed by atoms with Crippen LogP contribution in [0.5, 0.6) is 0 Å². The third-order valence-corrected chi connectivity index (χ3v) is 3.38. The van der Waals surface area contributed by atoms with Crippen LogP contribution in [-0.4, -0.2) is 33.4 Å². The minimum Gasteiger partial charge on any atom is -0.334 e. The second-order valence-electron chi connectivity index (χ2n) is 4.93. The smallest absolute Gasteiger partial charge is 0.261 e. The topological polar surface area (TPSA) is 79.6 Å². The predicted molar refractivity (Wildman–Crippen MR) is 79.5 cm³/mol. The van der Waals surface area contributed by atoms with Gasteiger partial charge in [0.1, 0.15) is 0 Å². The van der Waals surface area contributed by atoms with Gasteiger partial charge in [-0.3, -0.25) is 5.10 Å². The molecule has 1 unspecified atom stereocenters. The van der Waals surface area contributed by atoms with Crippen LogP contribution in [0.1, 0.15) is 12.7 Å². The van der Waals surface area contributed by atoms with Crippen molar-refractivity contribution in [2.45, 2.75) is 19.4 Å². The molecule has 2 N–H and O–H groups in total. The summed E-state index contributed by atoms with van der Waals surface area (Å²) in [5, 5.41) is 14.3. The lowest BCUT2D eigenvalue weighted by Gasteiger charge is -2.04. The number of likely N-dealkylation sites (N-methyl/N-ethyl adjacent to an activating group) is 1. The second kappa shape index (κ2) is 5.88. The van der Waals surface area contributed by atoms with Crippen LogP contribution in [0, 0.1) is 0 Å². The third kappa shape index (κ3) is 2.85. The highest BCUT2D eigenvalue weighted by molar-refractivity contribution is 5.75. The van der Waals surface area contributed by atoms with Gasteiger partial charge >= 0.3 is 0 Å². The number of aromatic nitrogens is 4. The maximum atomic E-state index is 5.37. The summed E-state index contributed by atoms with van der Waals surface area (Å²) in [7, 11) is 1.91. The summed E-state index contributed by atoms with van der Waals surface area (Å²) in [5.74, 6) is 1.17. The standard InChI is InChI=1S/C15H17N5O/c1-10(16-2)8-13-18-15(21-20-13)12-9-17-19-14(12)11-6-4-3-5-7-11/h3-7,9-10,16H,8H2,1-2H3,(H,17,19). The Morgan fingerprint density at radius 3 is 2.86 bits per heavy atom. The van der Waals surface area contributed by atoms with E-state index in [0.717, 1.165) is 23.2 Å². The summed E-state index contributed by atoms with van der Waals surface area (Å²) < 4.78 is 5.37. The van der Waals surface area contributed by atoms with Gasteiger partial charge in [-0.15, -0.1) is 0 Å². The van der Waals surface area contributed by atoms with Crippen molar-refractivity contribution >= 4 is 0 Å². The normalized spacial score (nSPS) is 12.5. The summed E-state index contributed by atoms with van der Waals surface area (Å²) in [6.07, 6.45) is 2.43. The number of benzene rings is 1. The molecule has 0 aliphatic heterocycles. The first kappa shape index (κ1) is 13.5. The monoisotopic (exact) mass is 283 g/mol. The Labute approximate surface area is 122 Å². The van der Waals surface area contributed by atoms with E-state index in [2.05, 4.69) is 32.6 Å². The van der Waals surface area contributed by atoms with Crippen LogP contribution in [0.15, 0.2) is 41.1 Å². The van der Waals surface area contributed by atoms with Crippen LogP contribution >= 0.6 is 0 Å². The van der Waals surface area contributed by atoms with Crippen molar-refractivity contribution in [3.8, 4) is 22.7 Å². The SMILES string of the molecule is CNC(C)Cc1noc(-c2cn[nH]c2-c2ccccc2)n1. The lowest BCUT2D eigenvalue weighted by atomic mass is 10.1. The van der Waals surface area contributed by atoms with E-state index in [1.807, 2.05) is 37.4 Å². The second-order valence-corrected chi connectivity index (χ2v) is 4.93. The first-order chi connectivity index (χ1) is 10.3. The molecule has 0 aliphatic carbocycles. The zero-order valence-corrected chi connectivity index (χ0v) is 12.0. The molecule has 6 heteroatoms. The molecular weight excluding hydrogens is 266 g/mol. The minimum atomic E-state index is 0.299. The molecule has 1 aromatic carbocycles. The Morgan fingerprint density at radius 1 is 1.29 bits per heavy atom. The molecule has 3 aromatic rings. The van der Waals surface area contributed by atoms with E-state index in [1.54, 1.807) is 6.20 Å². The molecule has 0 aliphatic rings. The van der Waals surface area contributed by atoms with Crippen LogP contribution in [-0.2, 0) is 6.42 Å². The van der Waals surface area contributed by atoms with Gasteiger partial charge in [0.05, 0.1) is 17.5 Å². The minimum absolute atomic E-state index is 0.299. The molecule has 0 radical (unpaired) electrons. The molecule has 21 heavy (non-hydrogen) atoms. The highest BCUT2D eigenvalue weighted by atomic mass is 16.5. The van der Waals surface area contributed by atoms with Crippen molar-refractivity contribution in [3.05, 3.63) is 42.4 Å². The van der Waals surface area contributed by atoms with Gasteiger partial charge in [0.25, 0.3) is 5.89 Å². The molecule has 6 nitrogen and oxygen atoms in total. The molecule has 0 fully saturated rings. The van der Waals surface area contributed by atoms with Gasteiger partial charge in [-0.05, 0) is 14.0 Å². The molecule has 0 spiro atoms. The van der Waals surface area contributed by atoms with Gasteiger partial charge in [-0.25, -0.2) is 0 Å². The van der Waals surface area contributed by atoms with Crippen LogP contribution in [0.2, 0.25) is 0 Å². The van der Waals surface area contributed by atoms with Crippen molar-refractivity contribution in [2.75, 3.05) is 7.05 Å². The predicted octanol–water partition coefficient (Wildman–Crippen LogP) is 2.28. The number of hydrogen-bond acceptors (Lipinski definition) is 5. The van der Waals surface area contributed by atoms with Crippen LogP contribution < -0.4 is 5.32 Å². The van der Waals surface area contributed by atoms with Crippen LogP contribution in [0.3, 0.4) is 0 Å². The molecule has 0 saturated carbocycles. The fourth-order valence-electron chi connectivity index (χ4n) is 2.10. The lowest BCUT2D eigenvalue weighted by molar-refractivity contribution is 0.418. The van der Waals surface area contributed by atoms with Crippen LogP contribution in [0.4, 0.5) is 0 Å². The van der Waals surface area contributed by atoms with E-state index in [4.69, 9.17) is 4.52 Å². The highest BCUT2D eigenvalue weighted by Crippen LogP contribution is 2.28. The van der Waals surface area contributed by atoms with Gasteiger partial charge in [-0.2, -0.15) is 10.1 Å². The van der Waals surface area contributed by atoms with Crippen molar-refractivity contribution in [2.24, 2.45) is 0 Å². The fraction of sp³-hybridized carbons (Fsp3) is 0.267. The zero-order chi connectivity index (χ0) is 14.7. The number of hydrogen-bond donors (Lipinski definition) is 2. The Bertz CT molecular complexity index is 704. The number of H-pyrrole nitrogens is 1. The number of nitrogens with one attached hydrogen (secondary N) is 2. The van der Waals surface area contributed by atoms with E-state index in [-0.39, 0.29) is 0 Å². The number of rotatable bonds is 5. The number of nitrogens with zero attached hydrogens (tertiary/aromatic N) is 3. The van der Waals surface area contributed by atoms with Gasteiger partial charge in [0.2, 0.25) is 0 Å². The lowest BCUT2D eigenvalue weighted by Crippen LogP contribution is -2.24. The van der Waals surface area contributed by atoms with E-state index in [0.29, 0.717) is 17.8 Å². The molecule has 108 valence electrons. The van der Waals surface area contributed by atoms with Crippen molar-refractivity contribution in [1.29, 1.82) is 0 Å². The van der Waals surface area contributed by atoms with E-state index in [9.17, 15) is 0 Å². The Hall–Kier alpha value is -2.47. The summed E-state index contributed by atoms with van der Waals surface area (Å²) in [6, 6.07) is 10.3. The molecule has 0 amide bonds. The summed E-state index contributed by atoms with van der Waals surface area (Å²) >= 11 is 0. The van der Waals surface area contributed by atoms with E-state index < -0.39 is 0 Å². The molecule has 3 rings (SSSR count). The molecule has 0 bridgehead atoms. The molecule has 0 saturated heterocycles. The summed E-state index contributed by atoms with van der Waals surface area (Å²) in [6.45, 7) is 2.07. The Kier molecular flexibility index (Phi) is 3.79. The van der Waals surface area contributed by atoms with Gasteiger partial charge in [-0.1, -0.05) is 35.5 Å². The Balaban J connectivity index is 1.90. The zero-order valence-electron chi connectivity index (χ0n) is 12.0. The maximum Gasteiger partial charge on any atom is 0.261 e. The Morgan fingerprint density at radius 2 is 2.10 bits per heavy atom.